The van der Waals surface area contributed by atoms with Crippen molar-refractivity contribution in [3.05, 3.63) is 0 Å². The predicted octanol–water partition coefficient (Wildman–Crippen LogP) is -0.888. The van der Waals surface area contributed by atoms with Crippen LogP contribution in [-0.2, 0) is 4.79 Å². The third kappa shape index (κ3) is 3.91. The lowest BCUT2D eigenvalue weighted by Crippen LogP contribution is -2.37. The van der Waals surface area contributed by atoms with E-state index in [1.54, 1.807) is 40.0 Å². The van der Waals surface area contributed by atoms with Gasteiger partial charge < -0.3 is 15.1 Å². The summed E-state index contributed by atoms with van der Waals surface area (Å²) in [5.74, 6) is 6.18. The van der Waals surface area contributed by atoms with Crippen LogP contribution in [0.15, 0.2) is 0 Å². The second-order valence-corrected chi connectivity index (χ2v) is 4.42. The topological polar surface area (TPSA) is 112 Å². The van der Waals surface area contributed by atoms with Crippen molar-refractivity contribution in [3.63, 3.8) is 0 Å². The van der Waals surface area contributed by atoms with E-state index in [-0.39, 0.29) is 17.8 Å². The van der Waals surface area contributed by atoms with E-state index in [2.05, 4.69) is 25.7 Å². The van der Waals surface area contributed by atoms with Gasteiger partial charge in [0.15, 0.2) is 0 Å². The molecule has 9 heteroatoms. The smallest absolute Gasteiger partial charge is 0.244 e. The fourth-order valence-corrected chi connectivity index (χ4v) is 1.34. The first-order chi connectivity index (χ1) is 8.85. The van der Waals surface area contributed by atoms with E-state index >= 15 is 0 Å². The molecule has 0 radical (unpaired) electrons. The Balaban J connectivity index is 2.94. The molecule has 0 saturated heterocycles. The molecule has 0 spiro atoms. The maximum absolute atomic E-state index is 11.8. The number of nitrogens with one attached hydrogen (secondary N) is 2. The molecule has 4 N–H and O–H groups in total. The summed E-state index contributed by atoms with van der Waals surface area (Å²) in [6.07, 6.45) is 0. The number of nitrogen functional groups attached to an aromatic ring is 1. The van der Waals surface area contributed by atoms with Crippen molar-refractivity contribution in [1.82, 2.24) is 19.9 Å². The largest absolute Gasteiger partial charge is 0.347 e. The minimum absolute atomic E-state index is 0.0749. The standard InChI is InChI=1S/C10H20N8O/c1-6(7(19)17(2)3)12-8-13-9(16-11)15-10(14-8)18(4)5/h6H,11H2,1-5H3,(H2,12,13,14,15,16). The summed E-state index contributed by atoms with van der Waals surface area (Å²) in [7, 11) is 6.97. The van der Waals surface area contributed by atoms with E-state index in [0.717, 1.165) is 0 Å². The van der Waals surface area contributed by atoms with Crippen molar-refractivity contribution in [2.45, 2.75) is 13.0 Å². The fraction of sp³-hybridized carbons (Fsp3) is 0.600. The number of anilines is 3. The van der Waals surface area contributed by atoms with Gasteiger partial charge in [-0.3, -0.25) is 10.2 Å². The van der Waals surface area contributed by atoms with Crippen LogP contribution in [0, 0.1) is 0 Å². The average Bonchev–Trinajstić information content (AvgIpc) is 2.36. The van der Waals surface area contributed by atoms with Crippen LogP contribution in [0.3, 0.4) is 0 Å². The number of aromatic nitrogens is 3. The van der Waals surface area contributed by atoms with E-state index in [0.29, 0.717) is 5.95 Å². The van der Waals surface area contributed by atoms with Gasteiger partial charge in [-0.15, -0.1) is 0 Å². The monoisotopic (exact) mass is 268 g/mol. The van der Waals surface area contributed by atoms with Crippen molar-refractivity contribution in [2.75, 3.05) is 43.8 Å². The van der Waals surface area contributed by atoms with Crippen LogP contribution < -0.4 is 21.5 Å². The van der Waals surface area contributed by atoms with Crippen molar-refractivity contribution >= 4 is 23.8 Å². The van der Waals surface area contributed by atoms with Crippen LogP contribution in [0.5, 0.6) is 0 Å². The third-order valence-corrected chi connectivity index (χ3v) is 2.31. The number of nitrogens with two attached hydrogens (primary N) is 1. The Morgan fingerprint density at radius 1 is 1.16 bits per heavy atom. The molecule has 0 aromatic carbocycles. The third-order valence-electron chi connectivity index (χ3n) is 2.31. The first-order valence-corrected chi connectivity index (χ1v) is 5.73. The molecule has 1 rings (SSSR count). The second kappa shape index (κ2) is 6.14. The van der Waals surface area contributed by atoms with Gasteiger partial charge >= 0.3 is 0 Å². The zero-order chi connectivity index (χ0) is 14.6. The molecule has 1 aromatic heterocycles. The summed E-state index contributed by atoms with van der Waals surface area (Å²) in [5, 5.41) is 2.92. The second-order valence-electron chi connectivity index (χ2n) is 4.42. The first-order valence-electron chi connectivity index (χ1n) is 5.73. The molecule has 1 atom stereocenters. The Morgan fingerprint density at radius 2 is 1.74 bits per heavy atom. The van der Waals surface area contributed by atoms with E-state index < -0.39 is 6.04 Å². The van der Waals surface area contributed by atoms with Crippen LogP contribution in [0.25, 0.3) is 0 Å². The van der Waals surface area contributed by atoms with Gasteiger partial charge in [-0.1, -0.05) is 0 Å². The van der Waals surface area contributed by atoms with E-state index in [4.69, 9.17) is 5.84 Å². The molecule has 1 heterocycles. The molecule has 0 fully saturated rings. The summed E-state index contributed by atoms with van der Waals surface area (Å²) >= 11 is 0. The summed E-state index contributed by atoms with van der Waals surface area (Å²) in [6, 6.07) is -0.446. The summed E-state index contributed by atoms with van der Waals surface area (Å²) in [5.41, 5.74) is 2.36. The zero-order valence-electron chi connectivity index (χ0n) is 11.8. The molecule has 0 aliphatic rings. The predicted molar refractivity (Wildman–Crippen MR) is 73.7 cm³/mol. The number of likely N-dealkylation sites (N-methyl/N-ethyl adjacent to an activating group) is 1. The Kier molecular flexibility index (Phi) is 4.81. The number of carbonyl (C=O) groups is 1. The number of amides is 1. The fourth-order valence-electron chi connectivity index (χ4n) is 1.34. The maximum Gasteiger partial charge on any atom is 0.244 e. The molecule has 0 aliphatic heterocycles. The van der Waals surface area contributed by atoms with Crippen LogP contribution in [-0.4, -0.2) is 60.0 Å². The van der Waals surface area contributed by atoms with Crippen molar-refractivity contribution in [2.24, 2.45) is 5.84 Å². The van der Waals surface area contributed by atoms with E-state index in [9.17, 15) is 4.79 Å². The Hall–Kier alpha value is -2.16. The molecule has 19 heavy (non-hydrogen) atoms. The van der Waals surface area contributed by atoms with Crippen LogP contribution in [0.4, 0.5) is 17.8 Å². The molecule has 0 saturated carbocycles. The van der Waals surface area contributed by atoms with Gasteiger partial charge in [0.25, 0.3) is 0 Å². The molecule has 0 aliphatic carbocycles. The van der Waals surface area contributed by atoms with Crippen molar-refractivity contribution < 1.29 is 4.79 Å². The molecule has 1 unspecified atom stereocenters. The molecule has 0 bridgehead atoms. The Morgan fingerprint density at radius 3 is 2.21 bits per heavy atom. The van der Waals surface area contributed by atoms with Gasteiger partial charge in [0.2, 0.25) is 23.8 Å². The van der Waals surface area contributed by atoms with E-state index in [1.165, 1.54) is 4.90 Å². The first kappa shape index (κ1) is 14.9. The minimum atomic E-state index is -0.446. The van der Waals surface area contributed by atoms with Crippen LogP contribution >= 0.6 is 0 Å². The van der Waals surface area contributed by atoms with Gasteiger partial charge in [0, 0.05) is 28.2 Å². The molecular weight excluding hydrogens is 248 g/mol. The number of rotatable bonds is 5. The summed E-state index contributed by atoms with van der Waals surface area (Å²) < 4.78 is 0. The lowest BCUT2D eigenvalue weighted by molar-refractivity contribution is -0.129. The Bertz CT molecular complexity index is 447. The summed E-state index contributed by atoms with van der Waals surface area (Å²) in [6.45, 7) is 1.73. The van der Waals surface area contributed by atoms with E-state index in [1.807, 2.05) is 0 Å². The minimum Gasteiger partial charge on any atom is -0.347 e. The SMILES string of the molecule is CC(Nc1nc(NN)nc(N(C)C)n1)C(=O)N(C)C. The molecule has 106 valence electrons. The highest BCUT2D eigenvalue weighted by atomic mass is 16.2. The van der Waals surface area contributed by atoms with Gasteiger partial charge in [-0.2, -0.15) is 15.0 Å². The number of carbonyl (C=O) groups excluding carboxylic acids is 1. The van der Waals surface area contributed by atoms with Gasteiger partial charge in [0.1, 0.15) is 6.04 Å². The van der Waals surface area contributed by atoms with Crippen molar-refractivity contribution in [3.8, 4) is 0 Å². The highest BCUT2D eigenvalue weighted by molar-refractivity contribution is 5.83. The number of hydrazine groups is 1. The summed E-state index contributed by atoms with van der Waals surface area (Å²) in [4.78, 5) is 27.3. The van der Waals surface area contributed by atoms with Gasteiger partial charge in [-0.05, 0) is 6.92 Å². The molecular formula is C10H20N8O. The zero-order valence-corrected chi connectivity index (χ0v) is 11.8. The lowest BCUT2D eigenvalue weighted by Gasteiger charge is -2.19. The maximum atomic E-state index is 11.8. The van der Waals surface area contributed by atoms with Crippen molar-refractivity contribution in [1.29, 1.82) is 0 Å². The molecule has 1 amide bonds. The number of hydrogen-bond donors (Lipinski definition) is 3. The molecule has 1 aromatic rings. The normalized spacial score (nSPS) is 11.7. The van der Waals surface area contributed by atoms with Crippen LogP contribution in [0.2, 0.25) is 0 Å². The Labute approximate surface area is 112 Å². The quantitative estimate of drug-likeness (QED) is 0.466. The number of nitrogens with zero attached hydrogens (tertiary/aromatic N) is 5. The van der Waals surface area contributed by atoms with Gasteiger partial charge in [-0.25, -0.2) is 5.84 Å². The van der Waals surface area contributed by atoms with Gasteiger partial charge in [0.05, 0.1) is 0 Å². The highest BCUT2D eigenvalue weighted by Gasteiger charge is 2.17. The number of hydrogen-bond acceptors (Lipinski definition) is 8. The van der Waals surface area contributed by atoms with Crippen LogP contribution in [0.1, 0.15) is 6.92 Å². The lowest BCUT2D eigenvalue weighted by atomic mass is 10.3. The average molecular weight is 268 g/mol. The highest BCUT2D eigenvalue weighted by Crippen LogP contribution is 2.11. The molecule has 9 nitrogen and oxygen atoms in total.